The molecule has 0 aromatic heterocycles. The largest absolute Gasteiger partial charge is 0.486 e. The van der Waals surface area contributed by atoms with E-state index in [1.807, 2.05) is 0 Å². The Hall–Kier alpha value is -2.30. The van der Waals surface area contributed by atoms with Gasteiger partial charge in [0.05, 0.1) is 0 Å². The third kappa shape index (κ3) is 5.11. The number of terminal acetylenes is 1. The molecule has 0 N–H and O–H groups in total. The summed E-state index contributed by atoms with van der Waals surface area (Å²) in [5.74, 6) is -4.28. The summed E-state index contributed by atoms with van der Waals surface area (Å²) in [6.07, 6.45) is -0.581. The van der Waals surface area contributed by atoms with Gasteiger partial charge in [-0.3, -0.25) is 0 Å². The van der Waals surface area contributed by atoms with Crippen LogP contribution in [0.15, 0.2) is 18.2 Å². The Balaban J connectivity index is 3.11. The highest BCUT2D eigenvalue weighted by Gasteiger charge is 2.58. The number of esters is 1. The van der Waals surface area contributed by atoms with E-state index in [1.165, 1.54) is 6.07 Å². The SMILES string of the molecule is C#Cc1ccc(OCC(F)(F)C(F)(F)F)c(C(=O)OC(C)(C)C)c1. The van der Waals surface area contributed by atoms with Gasteiger partial charge in [0, 0.05) is 5.56 Å². The molecule has 0 saturated heterocycles. The van der Waals surface area contributed by atoms with Crippen molar-refractivity contribution in [3.05, 3.63) is 29.3 Å². The molecule has 0 fully saturated rings. The van der Waals surface area contributed by atoms with Crippen molar-refractivity contribution in [3.63, 3.8) is 0 Å². The Kier molecular flexibility index (Phi) is 5.49. The molecule has 0 bridgehead atoms. The molecule has 0 aliphatic carbocycles. The van der Waals surface area contributed by atoms with E-state index in [-0.39, 0.29) is 11.1 Å². The summed E-state index contributed by atoms with van der Waals surface area (Å²) < 4.78 is 72.1. The highest BCUT2D eigenvalue weighted by molar-refractivity contribution is 5.93. The summed E-state index contributed by atoms with van der Waals surface area (Å²) >= 11 is 0. The lowest BCUT2D eigenvalue weighted by molar-refractivity contribution is -0.290. The molecule has 0 unspecified atom stereocenters. The number of rotatable bonds is 4. The van der Waals surface area contributed by atoms with Gasteiger partial charge in [0.2, 0.25) is 0 Å². The Morgan fingerprint density at radius 3 is 2.21 bits per heavy atom. The Labute approximate surface area is 135 Å². The second-order valence-electron chi connectivity index (χ2n) is 5.85. The molecule has 0 aliphatic rings. The number of halogens is 5. The number of alkyl halides is 5. The van der Waals surface area contributed by atoms with E-state index in [0.29, 0.717) is 0 Å². The summed E-state index contributed by atoms with van der Waals surface area (Å²) in [5, 5.41) is 0. The first-order chi connectivity index (χ1) is 10.8. The molecule has 24 heavy (non-hydrogen) atoms. The molecule has 3 nitrogen and oxygen atoms in total. The van der Waals surface area contributed by atoms with Crippen LogP contribution in [-0.4, -0.2) is 30.3 Å². The minimum absolute atomic E-state index is 0.214. The lowest BCUT2D eigenvalue weighted by Gasteiger charge is -2.22. The molecule has 0 amide bonds. The fourth-order valence-electron chi connectivity index (χ4n) is 1.49. The van der Waals surface area contributed by atoms with Gasteiger partial charge < -0.3 is 9.47 Å². The fraction of sp³-hybridized carbons (Fsp3) is 0.438. The average Bonchev–Trinajstić information content (AvgIpc) is 2.42. The molecule has 0 aliphatic heterocycles. The van der Waals surface area contributed by atoms with Gasteiger partial charge in [-0.25, -0.2) is 4.79 Å². The van der Waals surface area contributed by atoms with Crippen molar-refractivity contribution >= 4 is 5.97 Å². The topological polar surface area (TPSA) is 35.5 Å². The standard InChI is InChI=1S/C16H15F5O3/c1-5-10-6-7-12(23-9-15(17,18)16(19,20)21)11(8-10)13(22)24-14(2,3)4/h1,6-8H,9H2,2-4H3. The zero-order valence-corrected chi connectivity index (χ0v) is 13.1. The van der Waals surface area contributed by atoms with E-state index in [4.69, 9.17) is 11.2 Å². The van der Waals surface area contributed by atoms with Crippen molar-refractivity contribution in [2.24, 2.45) is 0 Å². The summed E-state index contributed by atoms with van der Waals surface area (Å²) in [6.45, 7) is 2.72. The maximum atomic E-state index is 13.0. The Bertz CT molecular complexity index is 651. The monoisotopic (exact) mass is 350 g/mol. The van der Waals surface area contributed by atoms with Gasteiger partial charge in [0.15, 0.2) is 6.61 Å². The van der Waals surface area contributed by atoms with Crippen LogP contribution < -0.4 is 4.74 Å². The van der Waals surface area contributed by atoms with Crippen LogP contribution in [0.5, 0.6) is 5.75 Å². The molecule has 1 aromatic rings. The minimum Gasteiger partial charge on any atom is -0.486 e. The van der Waals surface area contributed by atoms with E-state index in [1.54, 1.807) is 20.8 Å². The van der Waals surface area contributed by atoms with Crippen LogP contribution in [0.4, 0.5) is 22.0 Å². The number of hydrogen-bond donors (Lipinski definition) is 0. The quantitative estimate of drug-likeness (QED) is 0.464. The van der Waals surface area contributed by atoms with E-state index in [0.717, 1.165) is 12.1 Å². The zero-order chi connectivity index (χ0) is 18.8. The molecule has 132 valence electrons. The molecule has 0 heterocycles. The Morgan fingerprint density at radius 1 is 1.17 bits per heavy atom. The normalized spacial score (nSPS) is 12.5. The van der Waals surface area contributed by atoms with Crippen LogP contribution >= 0.6 is 0 Å². The summed E-state index contributed by atoms with van der Waals surface area (Å²) in [7, 11) is 0. The molecule has 1 aromatic carbocycles. The van der Waals surface area contributed by atoms with Crippen LogP contribution in [0, 0.1) is 12.3 Å². The Morgan fingerprint density at radius 2 is 1.75 bits per heavy atom. The number of carbonyl (C=O) groups excluding carboxylic acids is 1. The van der Waals surface area contributed by atoms with Gasteiger partial charge in [-0.15, -0.1) is 6.42 Å². The van der Waals surface area contributed by atoms with Crippen molar-refractivity contribution in [1.29, 1.82) is 0 Å². The van der Waals surface area contributed by atoms with E-state index in [9.17, 15) is 26.7 Å². The zero-order valence-electron chi connectivity index (χ0n) is 13.1. The maximum Gasteiger partial charge on any atom is 0.456 e. The van der Waals surface area contributed by atoms with Crippen molar-refractivity contribution in [2.75, 3.05) is 6.61 Å². The smallest absolute Gasteiger partial charge is 0.456 e. The summed E-state index contributed by atoms with van der Waals surface area (Å²) in [5.41, 5.74) is -1.03. The van der Waals surface area contributed by atoms with Gasteiger partial charge in [-0.1, -0.05) is 5.92 Å². The first-order valence-corrected chi connectivity index (χ1v) is 6.68. The highest BCUT2D eigenvalue weighted by Crippen LogP contribution is 2.36. The first kappa shape index (κ1) is 19.7. The lowest BCUT2D eigenvalue weighted by Crippen LogP contribution is -2.42. The predicted molar refractivity (Wildman–Crippen MR) is 76.0 cm³/mol. The second-order valence-corrected chi connectivity index (χ2v) is 5.85. The van der Waals surface area contributed by atoms with Crippen molar-refractivity contribution in [3.8, 4) is 18.1 Å². The maximum absolute atomic E-state index is 13.0. The molecule has 0 spiro atoms. The van der Waals surface area contributed by atoms with Crippen LogP contribution in [0.2, 0.25) is 0 Å². The first-order valence-electron chi connectivity index (χ1n) is 6.68. The number of hydrogen-bond acceptors (Lipinski definition) is 3. The highest BCUT2D eigenvalue weighted by atomic mass is 19.4. The van der Waals surface area contributed by atoms with Gasteiger partial charge in [-0.2, -0.15) is 22.0 Å². The molecular weight excluding hydrogens is 335 g/mol. The van der Waals surface area contributed by atoms with Gasteiger partial charge in [0.1, 0.15) is 16.9 Å². The van der Waals surface area contributed by atoms with Crippen LogP contribution in [0.25, 0.3) is 0 Å². The number of ether oxygens (including phenoxy) is 2. The number of benzene rings is 1. The molecule has 0 atom stereocenters. The van der Waals surface area contributed by atoms with Crippen molar-refractivity contribution in [2.45, 2.75) is 38.5 Å². The van der Waals surface area contributed by atoms with Crippen molar-refractivity contribution in [1.82, 2.24) is 0 Å². The predicted octanol–water partition coefficient (Wildman–Crippen LogP) is 4.20. The third-order valence-electron chi connectivity index (χ3n) is 2.59. The molecule has 8 heteroatoms. The second kappa shape index (κ2) is 6.67. The molecular formula is C16H15F5O3. The fourth-order valence-corrected chi connectivity index (χ4v) is 1.49. The third-order valence-corrected chi connectivity index (χ3v) is 2.59. The average molecular weight is 350 g/mol. The summed E-state index contributed by atoms with van der Waals surface area (Å²) in [6, 6.07) is 3.41. The van der Waals surface area contributed by atoms with Crippen LogP contribution in [0.1, 0.15) is 36.7 Å². The van der Waals surface area contributed by atoms with Crippen molar-refractivity contribution < 1.29 is 36.2 Å². The van der Waals surface area contributed by atoms with E-state index in [2.05, 4.69) is 10.7 Å². The van der Waals surface area contributed by atoms with E-state index < -0.39 is 36.0 Å². The number of carbonyl (C=O) groups is 1. The molecule has 0 radical (unpaired) electrons. The minimum atomic E-state index is -5.77. The van der Waals surface area contributed by atoms with Gasteiger partial charge in [0.25, 0.3) is 0 Å². The molecule has 1 rings (SSSR count). The van der Waals surface area contributed by atoms with Crippen LogP contribution in [-0.2, 0) is 4.74 Å². The lowest BCUT2D eigenvalue weighted by atomic mass is 10.1. The van der Waals surface area contributed by atoms with Gasteiger partial charge in [-0.05, 0) is 39.0 Å². The molecule has 0 saturated carbocycles. The summed E-state index contributed by atoms with van der Waals surface area (Å²) in [4.78, 5) is 12.1. The van der Waals surface area contributed by atoms with Gasteiger partial charge >= 0.3 is 18.1 Å². The van der Waals surface area contributed by atoms with Crippen LogP contribution in [0.3, 0.4) is 0 Å². The van der Waals surface area contributed by atoms with E-state index >= 15 is 0 Å².